The first-order valence-electron chi connectivity index (χ1n) is 11.1. The van der Waals surface area contributed by atoms with E-state index in [0.29, 0.717) is 11.5 Å². The van der Waals surface area contributed by atoms with Crippen LogP contribution >= 0.6 is 11.6 Å². The highest BCUT2D eigenvalue weighted by Gasteiger charge is 2.71. The van der Waals surface area contributed by atoms with Crippen LogP contribution in [-0.2, 0) is 19.1 Å². The van der Waals surface area contributed by atoms with Crippen LogP contribution in [0.3, 0.4) is 0 Å². The average molecular weight is 433 g/mol. The standard InChI is InChI=1S/C24H29ClO5/c1-12(27)24(30-13(2)28)7-5-16-14-9-20(25)19-10-21(29)15-8-18(15)23(19,11-26)17(14)4-6-22(16,24)3/h9-10,14-18,26H,4-8,11H2,1-3H3/t14-,15+,16-,17-,18-,22-,23-,24-/m0/s1. The number of carbonyl (C=O) groups excluding carboxylic acids is 3. The minimum absolute atomic E-state index is 0.0102. The number of allylic oxidation sites excluding steroid dienone is 3. The molecule has 5 rings (SSSR count). The second kappa shape index (κ2) is 6.29. The van der Waals surface area contributed by atoms with E-state index in [2.05, 4.69) is 13.0 Å². The predicted molar refractivity (Wildman–Crippen MR) is 110 cm³/mol. The van der Waals surface area contributed by atoms with Gasteiger partial charge in [-0.05, 0) is 74.3 Å². The lowest BCUT2D eigenvalue weighted by molar-refractivity contribution is -0.185. The maximum Gasteiger partial charge on any atom is 0.303 e. The van der Waals surface area contributed by atoms with E-state index in [1.54, 1.807) is 6.08 Å². The molecule has 5 aliphatic rings. The van der Waals surface area contributed by atoms with Gasteiger partial charge in [0.25, 0.3) is 0 Å². The molecule has 3 fully saturated rings. The molecule has 0 aromatic rings. The summed E-state index contributed by atoms with van der Waals surface area (Å²) in [6.45, 7) is 4.98. The normalized spacial score (nSPS) is 48.4. The van der Waals surface area contributed by atoms with Gasteiger partial charge in [-0.15, -0.1) is 0 Å². The number of carbonyl (C=O) groups is 3. The number of hydrogen-bond donors (Lipinski definition) is 1. The summed E-state index contributed by atoms with van der Waals surface area (Å²) in [6, 6.07) is 0. The monoisotopic (exact) mass is 432 g/mol. The quantitative estimate of drug-likeness (QED) is 0.689. The second-order valence-electron chi connectivity index (χ2n) is 10.4. The van der Waals surface area contributed by atoms with Crippen LogP contribution in [0.2, 0.25) is 0 Å². The highest BCUT2D eigenvalue weighted by molar-refractivity contribution is 6.32. The zero-order valence-electron chi connectivity index (χ0n) is 17.7. The smallest absolute Gasteiger partial charge is 0.303 e. The molecule has 5 nitrogen and oxygen atoms in total. The van der Waals surface area contributed by atoms with Crippen molar-refractivity contribution in [3.05, 3.63) is 22.8 Å². The Bertz CT molecular complexity index is 921. The molecule has 0 aliphatic heterocycles. The van der Waals surface area contributed by atoms with Gasteiger partial charge in [-0.3, -0.25) is 14.4 Å². The number of esters is 1. The third-order valence-electron chi connectivity index (χ3n) is 9.46. The molecule has 0 spiro atoms. The van der Waals surface area contributed by atoms with E-state index >= 15 is 0 Å². The number of ether oxygens (including phenoxy) is 1. The van der Waals surface area contributed by atoms with E-state index in [-0.39, 0.29) is 47.8 Å². The topological polar surface area (TPSA) is 80.7 Å². The zero-order valence-corrected chi connectivity index (χ0v) is 18.5. The molecule has 0 aromatic heterocycles. The number of ketones is 2. The molecular weight excluding hydrogens is 404 g/mol. The van der Waals surface area contributed by atoms with Gasteiger partial charge in [0, 0.05) is 28.7 Å². The van der Waals surface area contributed by atoms with Gasteiger partial charge in [0.05, 0.1) is 6.61 Å². The van der Waals surface area contributed by atoms with E-state index < -0.39 is 22.4 Å². The van der Waals surface area contributed by atoms with Crippen LogP contribution in [0.5, 0.6) is 0 Å². The number of aliphatic hydroxyl groups excluding tert-OH is 1. The van der Waals surface area contributed by atoms with Gasteiger partial charge in [0.1, 0.15) is 0 Å². The van der Waals surface area contributed by atoms with E-state index in [9.17, 15) is 19.5 Å². The predicted octanol–water partition coefficient (Wildman–Crippen LogP) is 3.58. The summed E-state index contributed by atoms with van der Waals surface area (Å²) in [7, 11) is 0. The fourth-order valence-electron chi connectivity index (χ4n) is 8.10. The Labute approximate surface area is 181 Å². The first-order chi connectivity index (χ1) is 14.1. The van der Waals surface area contributed by atoms with Crippen molar-refractivity contribution in [2.24, 2.45) is 40.4 Å². The Balaban J connectivity index is 1.61. The zero-order chi connectivity index (χ0) is 21.6. The fraction of sp³-hybridized carbons (Fsp3) is 0.708. The van der Waals surface area contributed by atoms with Gasteiger partial charge in [0.15, 0.2) is 17.2 Å². The molecule has 0 amide bonds. The summed E-state index contributed by atoms with van der Waals surface area (Å²) in [6.07, 6.45) is 7.42. The molecule has 8 atom stereocenters. The van der Waals surface area contributed by atoms with Crippen molar-refractivity contribution in [1.82, 2.24) is 0 Å². The Morgan fingerprint density at radius 1 is 1.20 bits per heavy atom. The highest BCUT2D eigenvalue weighted by Crippen LogP contribution is 2.72. The molecule has 30 heavy (non-hydrogen) atoms. The van der Waals surface area contributed by atoms with E-state index in [1.165, 1.54) is 13.8 Å². The third-order valence-corrected chi connectivity index (χ3v) is 9.79. The third kappa shape index (κ3) is 2.26. The van der Waals surface area contributed by atoms with E-state index in [1.807, 2.05) is 0 Å². The van der Waals surface area contributed by atoms with Crippen LogP contribution in [0.25, 0.3) is 0 Å². The first-order valence-corrected chi connectivity index (χ1v) is 11.5. The number of halogens is 1. The van der Waals surface area contributed by atoms with Crippen molar-refractivity contribution >= 4 is 29.1 Å². The number of aliphatic hydroxyl groups is 1. The molecule has 0 unspecified atom stereocenters. The molecule has 0 radical (unpaired) electrons. The number of hydrogen-bond acceptors (Lipinski definition) is 5. The largest absolute Gasteiger partial charge is 0.451 e. The van der Waals surface area contributed by atoms with Gasteiger partial charge in [0.2, 0.25) is 0 Å². The van der Waals surface area contributed by atoms with E-state index in [0.717, 1.165) is 31.3 Å². The average Bonchev–Trinajstić information content (AvgIpc) is 3.43. The highest BCUT2D eigenvalue weighted by atomic mass is 35.5. The molecule has 0 bridgehead atoms. The lowest BCUT2D eigenvalue weighted by Gasteiger charge is -2.58. The molecule has 1 N–H and O–H groups in total. The summed E-state index contributed by atoms with van der Waals surface area (Å²) in [5.74, 6) is 0.193. The maximum atomic E-state index is 12.8. The van der Waals surface area contributed by atoms with E-state index in [4.69, 9.17) is 16.3 Å². The summed E-state index contributed by atoms with van der Waals surface area (Å²) in [4.78, 5) is 37.2. The van der Waals surface area contributed by atoms with Crippen LogP contribution in [0.4, 0.5) is 0 Å². The second-order valence-corrected chi connectivity index (χ2v) is 10.8. The van der Waals surface area contributed by atoms with Crippen LogP contribution in [0.1, 0.15) is 52.9 Å². The fourth-order valence-corrected chi connectivity index (χ4v) is 8.47. The minimum Gasteiger partial charge on any atom is -0.451 e. The Kier molecular flexibility index (Phi) is 4.29. The summed E-state index contributed by atoms with van der Waals surface area (Å²) in [5.41, 5.74) is -1.22. The maximum absolute atomic E-state index is 12.8. The number of rotatable bonds is 3. The molecule has 6 heteroatoms. The van der Waals surface area contributed by atoms with Gasteiger partial charge in [-0.2, -0.15) is 0 Å². The molecule has 5 aliphatic carbocycles. The Morgan fingerprint density at radius 2 is 1.90 bits per heavy atom. The summed E-state index contributed by atoms with van der Waals surface area (Å²) >= 11 is 6.76. The van der Waals surface area contributed by atoms with Crippen molar-refractivity contribution in [3.8, 4) is 0 Å². The van der Waals surface area contributed by atoms with Crippen LogP contribution in [0.15, 0.2) is 22.8 Å². The van der Waals surface area contributed by atoms with Crippen molar-refractivity contribution in [1.29, 1.82) is 0 Å². The Hall–Kier alpha value is -1.46. The van der Waals surface area contributed by atoms with Gasteiger partial charge in [-0.25, -0.2) is 0 Å². The molecule has 3 saturated carbocycles. The van der Waals surface area contributed by atoms with Crippen molar-refractivity contribution < 1.29 is 24.2 Å². The molecule has 162 valence electrons. The molecule has 0 aromatic carbocycles. The first kappa shape index (κ1) is 20.4. The molecule has 0 saturated heterocycles. The number of fused-ring (bicyclic) bond motifs is 7. The minimum atomic E-state index is -1.10. The molecular formula is C24H29ClO5. The Morgan fingerprint density at radius 3 is 2.53 bits per heavy atom. The summed E-state index contributed by atoms with van der Waals surface area (Å²) in [5, 5.41) is 11.2. The SMILES string of the molecule is CC(=O)O[C@]1(C(C)=O)CC[C@H]2[C@@H]3C=C(Cl)C4=CC(=O)[C@@H]5C[C@@H]5[C@]4(CO)[C@H]3CC[C@@]21C. The van der Waals surface area contributed by atoms with Gasteiger partial charge in [-0.1, -0.05) is 24.6 Å². The van der Waals surface area contributed by atoms with Crippen molar-refractivity contribution in [2.45, 2.75) is 58.5 Å². The lowest BCUT2D eigenvalue weighted by atomic mass is 9.47. The van der Waals surface area contributed by atoms with Crippen LogP contribution in [0, 0.1) is 40.4 Å². The lowest BCUT2D eigenvalue weighted by Crippen LogP contribution is -2.59. The van der Waals surface area contributed by atoms with Gasteiger partial charge >= 0.3 is 5.97 Å². The summed E-state index contributed by atoms with van der Waals surface area (Å²) < 4.78 is 5.79. The van der Waals surface area contributed by atoms with Crippen molar-refractivity contribution in [3.63, 3.8) is 0 Å². The van der Waals surface area contributed by atoms with Crippen LogP contribution in [-0.4, -0.2) is 34.9 Å². The number of Topliss-reactive ketones (excluding diaryl/α,β-unsaturated/α-hetero) is 1. The molecule has 0 heterocycles. The van der Waals surface area contributed by atoms with Gasteiger partial charge < -0.3 is 9.84 Å². The van der Waals surface area contributed by atoms with Crippen molar-refractivity contribution in [2.75, 3.05) is 6.61 Å². The van der Waals surface area contributed by atoms with Crippen LogP contribution < -0.4 is 0 Å².